The topological polar surface area (TPSA) is 39.7 Å². The van der Waals surface area contributed by atoms with Crippen LogP contribution in [-0.4, -0.2) is 44.1 Å². The van der Waals surface area contributed by atoms with E-state index < -0.39 is 0 Å². The standard InChI is InChI=1S/C16H27ClN4.HI/c1-16(2,3)20-15(18-4)19-11-14(21(5)6)12-7-9-13(17)10-8-12;/h7-10,14H,11H2,1-6H3,(H2,18,19,20);1H. The molecule has 1 rings (SSSR count). The number of nitrogens with one attached hydrogen (secondary N) is 2. The van der Waals surface area contributed by atoms with Crippen molar-refractivity contribution in [1.29, 1.82) is 0 Å². The number of guanidine groups is 1. The van der Waals surface area contributed by atoms with E-state index in [2.05, 4.69) is 67.5 Å². The molecule has 0 aromatic heterocycles. The van der Waals surface area contributed by atoms with E-state index in [0.29, 0.717) is 0 Å². The van der Waals surface area contributed by atoms with E-state index >= 15 is 0 Å². The van der Waals surface area contributed by atoms with Crippen LogP contribution in [0.25, 0.3) is 0 Å². The fraction of sp³-hybridized carbons (Fsp3) is 0.562. The first-order valence-corrected chi connectivity index (χ1v) is 7.51. The Morgan fingerprint density at radius 2 is 1.77 bits per heavy atom. The van der Waals surface area contributed by atoms with Crippen LogP contribution in [0.5, 0.6) is 0 Å². The molecule has 126 valence electrons. The number of aliphatic imine (C=N–C) groups is 1. The average molecular weight is 439 g/mol. The highest BCUT2D eigenvalue weighted by Crippen LogP contribution is 2.19. The summed E-state index contributed by atoms with van der Waals surface area (Å²) in [5, 5.41) is 7.50. The minimum Gasteiger partial charge on any atom is -0.354 e. The Morgan fingerprint density at radius 3 is 2.18 bits per heavy atom. The van der Waals surface area contributed by atoms with Gasteiger partial charge in [-0.25, -0.2) is 0 Å². The summed E-state index contributed by atoms with van der Waals surface area (Å²) in [5.74, 6) is 0.809. The fourth-order valence-corrected chi connectivity index (χ4v) is 2.14. The van der Waals surface area contributed by atoms with Crippen LogP contribution in [0.3, 0.4) is 0 Å². The van der Waals surface area contributed by atoms with E-state index in [9.17, 15) is 0 Å². The second-order valence-corrected chi connectivity index (χ2v) is 6.80. The summed E-state index contributed by atoms with van der Waals surface area (Å²) in [6.45, 7) is 7.11. The van der Waals surface area contributed by atoms with Gasteiger partial charge in [-0.15, -0.1) is 24.0 Å². The summed E-state index contributed by atoms with van der Waals surface area (Å²) in [7, 11) is 5.93. The molecule has 0 saturated carbocycles. The van der Waals surface area contributed by atoms with Crippen LogP contribution in [0.2, 0.25) is 5.02 Å². The quantitative estimate of drug-likeness (QED) is 0.429. The Bertz CT molecular complexity index is 466. The summed E-state index contributed by atoms with van der Waals surface area (Å²) in [5.41, 5.74) is 1.21. The van der Waals surface area contributed by atoms with E-state index in [1.165, 1.54) is 5.56 Å². The molecule has 0 amide bonds. The highest BCUT2D eigenvalue weighted by molar-refractivity contribution is 14.0. The van der Waals surface area contributed by atoms with E-state index in [-0.39, 0.29) is 35.6 Å². The van der Waals surface area contributed by atoms with Crippen molar-refractivity contribution in [3.8, 4) is 0 Å². The molecular formula is C16H28ClIN4. The number of hydrogen-bond donors (Lipinski definition) is 2. The lowest BCUT2D eigenvalue weighted by molar-refractivity contribution is 0.297. The maximum Gasteiger partial charge on any atom is 0.191 e. The highest BCUT2D eigenvalue weighted by Gasteiger charge is 2.16. The van der Waals surface area contributed by atoms with Gasteiger partial charge in [0.1, 0.15) is 0 Å². The lowest BCUT2D eigenvalue weighted by Crippen LogP contribution is -2.49. The molecule has 0 aliphatic heterocycles. The molecule has 1 aromatic carbocycles. The van der Waals surface area contributed by atoms with Gasteiger partial charge in [-0.1, -0.05) is 23.7 Å². The minimum atomic E-state index is -0.0181. The van der Waals surface area contributed by atoms with Gasteiger partial charge >= 0.3 is 0 Å². The van der Waals surface area contributed by atoms with Crippen LogP contribution in [0, 0.1) is 0 Å². The van der Waals surface area contributed by atoms with Crippen molar-refractivity contribution in [3.05, 3.63) is 34.9 Å². The Balaban J connectivity index is 0.00000441. The van der Waals surface area contributed by atoms with Crippen LogP contribution in [0.1, 0.15) is 32.4 Å². The molecule has 1 unspecified atom stereocenters. The summed E-state index contributed by atoms with van der Waals surface area (Å²) >= 11 is 5.96. The number of hydrogen-bond acceptors (Lipinski definition) is 2. The first-order chi connectivity index (χ1) is 9.73. The third-order valence-corrected chi connectivity index (χ3v) is 3.31. The van der Waals surface area contributed by atoms with Crippen molar-refractivity contribution < 1.29 is 0 Å². The van der Waals surface area contributed by atoms with Gasteiger partial charge in [-0.3, -0.25) is 4.99 Å². The smallest absolute Gasteiger partial charge is 0.191 e. The van der Waals surface area contributed by atoms with Gasteiger partial charge in [-0.05, 0) is 52.6 Å². The van der Waals surface area contributed by atoms with Gasteiger partial charge in [0.05, 0.1) is 6.04 Å². The zero-order valence-corrected chi connectivity index (χ0v) is 17.4. The van der Waals surface area contributed by atoms with Gasteiger partial charge in [0.2, 0.25) is 0 Å². The normalized spacial score (nSPS) is 13.5. The van der Waals surface area contributed by atoms with E-state index in [1.54, 1.807) is 7.05 Å². The molecule has 22 heavy (non-hydrogen) atoms. The SMILES string of the molecule is CN=C(NCC(c1ccc(Cl)cc1)N(C)C)NC(C)(C)C.I. The zero-order chi connectivity index (χ0) is 16.0. The van der Waals surface area contributed by atoms with Crippen molar-refractivity contribution >= 4 is 41.5 Å². The lowest BCUT2D eigenvalue weighted by atomic mass is 10.1. The van der Waals surface area contributed by atoms with Crippen LogP contribution in [0.15, 0.2) is 29.3 Å². The molecule has 4 nitrogen and oxygen atoms in total. The summed E-state index contributed by atoms with van der Waals surface area (Å²) in [6.07, 6.45) is 0. The molecule has 0 heterocycles. The second-order valence-electron chi connectivity index (χ2n) is 6.36. The number of nitrogens with zero attached hydrogens (tertiary/aromatic N) is 2. The van der Waals surface area contributed by atoms with Crippen molar-refractivity contribution in [2.24, 2.45) is 4.99 Å². The Hall–Kier alpha value is -0.530. The third-order valence-electron chi connectivity index (χ3n) is 3.06. The maximum atomic E-state index is 5.96. The fourth-order valence-electron chi connectivity index (χ4n) is 2.01. The first-order valence-electron chi connectivity index (χ1n) is 7.13. The van der Waals surface area contributed by atoms with Crippen molar-refractivity contribution in [3.63, 3.8) is 0 Å². The third kappa shape index (κ3) is 7.65. The van der Waals surface area contributed by atoms with E-state index in [1.807, 2.05) is 12.1 Å². The van der Waals surface area contributed by atoms with Gasteiger partial charge < -0.3 is 15.5 Å². The second kappa shape index (κ2) is 9.57. The monoisotopic (exact) mass is 438 g/mol. The molecule has 0 saturated heterocycles. The molecule has 2 N–H and O–H groups in total. The Labute approximate surface area is 156 Å². The van der Waals surface area contributed by atoms with Crippen molar-refractivity contribution in [1.82, 2.24) is 15.5 Å². The molecule has 1 aromatic rings. The Morgan fingerprint density at radius 1 is 1.23 bits per heavy atom. The van der Waals surface area contributed by atoms with Crippen LogP contribution < -0.4 is 10.6 Å². The average Bonchev–Trinajstić information content (AvgIpc) is 2.38. The summed E-state index contributed by atoms with van der Waals surface area (Å²) in [4.78, 5) is 6.45. The molecule has 0 aliphatic carbocycles. The molecule has 0 aliphatic rings. The highest BCUT2D eigenvalue weighted by atomic mass is 127. The number of halogens is 2. The Kier molecular flexibility index (Phi) is 9.34. The molecular weight excluding hydrogens is 411 g/mol. The summed E-state index contributed by atoms with van der Waals surface area (Å²) in [6, 6.07) is 8.23. The van der Waals surface area contributed by atoms with E-state index in [4.69, 9.17) is 11.6 Å². The molecule has 0 spiro atoms. The van der Waals surface area contributed by atoms with Crippen LogP contribution in [0.4, 0.5) is 0 Å². The van der Waals surface area contributed by atoms with Crippen molar-refractivity contribution in [2.75, 3.05) is 27.7 Å². The summed E-state index contributed by atoms with van der Waals surface area (Å²) < 4.78 is 0. The molecule has 0 bridgehead atoms. The van der Waals surface area contributed by atoms with Crippen molar-refractivity contribution in [2.45, 2.75) is 32.4 Å². The zero-order valence-electron chi connectivity index (χ0n) is 14.3. The van der Waals surface area contributed by atoms with Gasteiger partial charge in [0.15, 0.2) is 5.96 Å². The van der Waals surface area contributed by atoms with E-state index in [0.717, 1.165) is 17.5 Å². The molecule has 0 radical (unpaired) electrons. The van der Waals surface area contributed by atoms with Crippen LogP contribution >= 0.6 is 35.6 Å². The number of benzene rings is 1. The maximum absolute atomic E-state index is 5.96. The number of likely N-dealkylation sites (N-methyl/N-ethyl adjacent to an activating group) is 1. The first kappa shape index (κ1) is 21.5. The van der Waals surface area contributed by atoms with Crippen LogP contribution in [-0.2, 0) is 0 Å². The minimum absolute atomic E-state index is 0. The molecule has 1 atom stereocenters. The predicted octanol–water partition coefficient (Wildman–Crippen LogP) is 3.52. The van der Waals surface area contributed by atoms with Gasteiger partial charge in [0.25, 0.3) is 0 Å². The molecule has 0 fully saturated rings. The predicted molar refractivity (Wildman–Crippen MR) is 108 cm³/mol. The lowest BCUT2D eigenvalue weighted by Gasteiger charge is -2.28. The van der Waals surface area contributed by atoms with Gasteiger partial charge in [0, 0.05) is 24.2 Å². The van der Waals surface area contributed by atoms with Gasteiger partial charge in [-0.2, -0.15) is 0 Å². The number of rotatable bonds is 4. The molecule has 6 heteroatoms. The largest absolute Gasteiger partial charge is 0.354 e.